The van der Waals surface area contributed by atoms with Crippen LogP contribution in [0.5, 0.6) is 0 Å². The number of carbonyl (C=O) groups is 2. The minimum absolute atomic E-state index is 0.0969. The Bertz CT molecular complexity index is 688. The van der Waals surface area contributed by atoms with E-state index in [1.807, 2.05) is 38.1 Å². The van der Waals surface area contributed by atoms with E-state index in [0.717, 1.165) is 11.3 Å². The van der Waals surface area contributed by atoms with E-state index in [4.69, 9.17) is 5.73 Å². The predicted molar refractivity (Wildman–Crippen MR) is 95.0 cm³/mol. The van der Waals surface area contributed by atoms with Gasteiger partial charge >= 0.3 is 0 Å². The van der Waals surface area contributed by atoms with E-state index in [2.05, 4.69) is 15.5 Å². The van der Waals surface area contributed by atoms with E-state index >= 15 is 0 Å². The van der Waals surface area contributed by atoms with E-state index in [9.17, 15) is 9.59 Å². The number of amides is 2. The lowest BCUT2D eigenvalue weighted by Crippen LogP contribution is -2.22. The highest BCUT2D eigenvalue weighted by molar-refractivity contribution is 8.04. The lowest BCUT2D eigenvalue weighted by Gasteiger charge is -2.10. The number of thioether (sulfide) groups is 2. The summed E-state index contributed by atoms with van der Waals surface area (Å²) in [6.45, 7) is 3.80. The molecule has 6 nitrogen and oxygen atoms in total. The average molecular weight is 369 g/mol. The van der Waals surface area contributed by atoms with Gasteiger partial charge in [0.2, 0.25) is 11.8 Å². The molecule has 2 rings (SSSR count). The van der Waals surface area contributed by atoms with Gasteiger partial charge in [0, 0.05) is 5.69 Å². The van der Waals surface area contributed by atoms with Gasteiger partial charge in [-0.15, -0.1) is 10.2 Å². The van der Waals surface area contributed by atoms with E-state index < -0.39 is 5.91 Å². The van der Waals surface area contributed by atoms with Crippen molar-refractivity contribution in [3.8, 4) is 0 Å². The Balaban J connectivity index is 1.88. The molecule has 0 fully saturated rings. The number of benzene rings is 1. The van der Waals surface area contributed by atoms with Gasteiger partial charge < -0.3 is 11.1 Å². The minimum atomic E-state index is -0.398. The Labute approximate surface area is 146 Å². The first-order valence-corrected chi connectivity index (χ1v) is 9.41. The number of nitrogens with zero attached hydrogens (tertiary/aromatic N) is 2. The molecule has 3 N–H and O–H groups in total. The van der Waals surface area contributed by atoms with Crippen molar-refractivity contribution in [3.05, 3.63) is 29.8 Å². The second-order valence-corrected chi connectivity index (χ2v) is 8.49. The molecule has 1 atom stereocenters. The van der Waals surface area contributed by atoms with Crippen LogP contribution in [0.15, 0.2) is 32.9 Å². The summed E-state index contributed by atoms with van der Waals surface area (Å²) < 4.78 is 1.35. The van der Waals surface area contributed by atoms with Gasteiger partial charge in [0.15, 0.2) is 8.68 Å². The summed E-state index contributed by atoms with van der Waals surface area (Å²) in [4.78, 5) is 22.9. The molecule has 2 aromatic rings. The van der Waals surface area contributed by atoms with Crippen LogP contribution >= 0.6 is 34.9 Å². The molecule has 0 unspecified atom stereocenters. The first-order valence-electron chi connectivity index (χ1n) is 6.73. The minimum Gasteiger partial charge on any atom is -0.369 e. The van der Waals surface area contributed by atoms with Crippen LogP contribution in [0, 0.1) is 6.92 Å². The maximum atomic E-state index is 12.2. The third-order valence-corrected chi connectivity index (χ3v) is 5.95. The lowest BCUT2D eigenvalue weighted by atomic mass is 10.2. The number of hydrogen-bond acceptors (Lipinski definition) is 7. The summed E-state index contributed by atoms with van der Waals surface area (Å²) in [7, 11) is 0. The highest BCUT2D eigenvalue weighted by atomic mass is 32.2. The fourth-order valence-electron chi connectivity index (χ4n) is 1.52. The molecule has 2 amide bonds. The quantitative estimate of drug-likeness (QED) is 0.729. The van der Waals surface area contributed by atoms with Crippen LogP contribution in [0.2, 0.25) is 0 Å². The SMILES string of the molecule is Cc1ccc(NC(=O)[C@H](C)Sc2nnc(SCC(N)=O)s2)cc1. The van der Waals surface area contributed by atoms with Crippen LogP contribution in [-0.4, -0.2) is 33.0 Å². The topological polar surface area (TPSA) is 98.0 Å². The third kappa shape index (κ3) is 5.85. The average Bonchev–Trinajstić information content (AvgIpc) is 2.95. The summed E-state index contributed by atoms with van der Waals surface area (Å²) in [5.74, 6) is -0.325. The van der Waals surface area contributed by atoms with Crippen molar-refractivity contribution in [3.63, 3.8) is 0 Å². The number of hydrogen-bond donors (Lipinski definition) is 2. The molecule has 9 heteroatoms. The van der Waals surface area contributed by atoms with Gasteiger partial charge in [-0.3, -0.25) is 9.59 Å². The molecular weight excluding hydrogens is 352 g/mol. The summed E-state index contributed by atoms with van der Waals surface area (Å²) >= 11 is 3.92. The van der Waals surface area contributed by atoms with Crippen molar-refractivity contribution in [2.24, 2.45) is 5.73 Å². The van der Waals surface area contributed by atoms with Gasteiger partial charge in [0.05, 0.1) is 11.0 Å². The molecule has 0 bridgehead atoms. The molecule has 1 heterocycles. The summed E-state index contributed by atoms with van der Waals surface area (Å²) in [5.41, 5.74) is 6.99. The molecule has 0 radical (unpaired) electrons. The number of carbonyl (C=O) groups excluding carboxylic acids is 2. The van der Waals surface area contributed by atoms with E-state index in [-0.39, 0.29) is 16.9 Å². The van der Waals surface area contributed by atoms with Crippen LogP contribution in [0.4, 0.5) is 5.69 Å². The molecule has 0 saturated carbocycles. The molecule has 1 aromatic carbocycles. The summed E-state index contributed by atoms with van der Waals surface area (Å²) in [6, 6.07) is 7.63. The second kappa shape index (κ2) is 8.32. The first-order chi connectivity index (χ1) is 10.9. The molecule has 23 heavy (non-hydrogen) atoms. The highest BCUT2D eigenvalue weighted by Crippen LogP contribution is 2.31. The van der Waals surface area contributed by atoms with Crippen LogP contribution in [-0.2, 0) is 9.59 Å². The Kier molecular flexibility index (Phi) is 6.43. The molecule has 0 aliphatic carbocycles. The van der Waals surface area contributed by atoms with Crippen molar-refractivity contribution in [1.29, 1.82) is 0 Å². The highest BCUT2D eigenvalue weighted by Gasteiger charge is 2.17. The van der Waals surface area contributed by atoms with Crippen LogP contribution in [0.3, 0.4) is 0 Å². The van der Waals surface area contributed by atoms with Gasteiger partial charge in [0.1, 0.15) is 0 Å². The van der Waals surface area contributed by atoms with Crippen LogP contribution in [0.1, 0.15) is 12.5 Å². The molecular formula is C14H16N4O2S3. The Morgan fingerprint density at radius 3 is 2.57 bits per heavy atom. The first kappa shape index (κ1) is 17.8. The van der Waals surface area contributed by atoms with Crippen molar-refractivity contribution in [2.45, 2.75) is 27.8 Å². The van der Waals surface area contributed by atoms with Gasteiger partial charge in [-0.1, -0.05) is 52.6 Å². The normalized spacial score (nSPS) is 11.9. The molecule has 122 valence electrons. The van der Waals surface area contributed by atoms with Crippen molar-refractivity contribution >= 4 is 52.4 Å². The standard InChI is InChI=1S/C14H16N4O2S3/c1-8-3-5-10(6-4-8)16-12(20)9(2)22-14-18-17-13(23-14)21-7-11(15)19/h3-6,9H,7H2,1-2H3,(H2,15,19)(H,16,20)/t9-/m0/s1. The third-order valence-electron chi connectivity index (χ3n) is 2.69. The zero-order valence-electron chi connectivity index (χ0n) is 12.6. The number of nitrogens with two attached hydrogens (primary N) is 1. The molecule has 0 aliphatic heterocycles. The van der Waals surface area contributed by atoms with Gasteiger partial charge in [0.25, 0.3) is 0 Å². The molecule has 0 aliphatic rings. The number of rotatable bonds is 7. The maximum absolute atomic E-state index is 12.2. The predicted octanol–water partition coefficient (Wildman–Crippen LogP) is 2.54. The van der Waals surface area contributed by atoms with Gasteiger partial charge in [-0.05, 0) is 26.0 Å². The summed E-state index contributed by atoms with van der Waals surface area (Å²) in [5, 5.41) is 10.5. The van der Waals surface area contributed by atoms with Crippen molar-refractivity contribution < 1.29 is 9.59 Å². The number of aromatic nitrogens is 2. The van der Waals surface area contributed by atoms with Gasteiger partial charge in [-0.2, -0.15) is 0 Å². The van der Waals surface area contributed by atoms with Crippen molar-refractivity contribution in [2.75, 3.05) is 11.1 Å². The van der Waals surface area contributed by atoms with E-state index in [1.54, 1.807) is 0 Å². The molecule has 0 spiro atoms. The monoisotopic (exact) mass is 368 g/mol. The zero-order chi connectivity index (χ0) is 16.8. The lowest BCUT2D eigenvalue weighted by molar-refractivity contribution is -0.116. The molecule has 1 aromatic heterocycles. The largest absolute Gasteiger partial charge is 0.369 e. The Morgan fingerprint density at radius 2 is 1.91 bits per heavy atom. The van der Waals surface area contributed by atoms with E-state index in [0.29, 0.717) is 8.68 Å². The Morgan fingerprint density at radius 1 is 1.26 bits per heavy atom. The van der Waals surface area contributed by atoms with Crippen LogP contribution < -0.4 is 11.1 Å². The number of anilines is 1. The fraction of sp³-hybridized carbons (Fsp3) is 0.286. The van der Waals surface area contributed by atoms with Crippen LogP contribution in [0.25, 0.3) is 0 Å². The zero-order valence-corrected chi connectivity index (χ0v) is 15.1. The fourth-order valence-corrected chi connectivity index (χ4v) is 4.42. The second-order valence-electron chi connectivity index (χ2n) is 4.70. The number of primary amides is 1. The van der Waals surface area contributed by atoms with Gasteiger partial charge in [-0.25, -0.2) is 0 Å². The summed E-state index contributed by atoms with van der Waals surface area (Å²) in [6.07, 6.45) is 0. The smallest absolute Gasteiger partial charge is 0.237 e. The van der Waals surface area contributed by atoms with Crippen molar-refractivity contribution in [1.82, 2.24) is 10.2 Å². The van der Waals surface area contributed by atoms with E-state index in [1.165, 1.54) is 34.9 Å². The molecule has 0 saturated heterocycles. The Hall–Kier alpha value is -1.58. The number of aryl methyl sites for hydroxylation is 1. The maximum Gasteiger partial charge on any atom is 0.237 e. The number of nitrogens with one attached hydrogen (secondary N) is 1.